The molecule has 7 heteroatoms. The van der Waals surface area contributed by atoms with Gasteiger partial charge in [0.2, 0.25) is 11.9 Å². The van der Waals surface area contributed by atoms with Crippen molar-refractivity contribution in [1.82, 2.24) is 24.5 Å². The van der Waals surface area contributed by atoms with Gasteiger partial charge in [-0.2, -0.15) is 15.0 Å². The number of aromatic nitrogens is 5. The molecule has 0 radical (unpaired) electrons. The topological polar surface area (TPSA) is 77.8 Å². The Morgan fingerprint density at radius 1 is 1.19 bits per heavy atom. The first kappa shape index (κ1) is 13.0. The summed E-state index contributed by atoms with van der Waals surface area (Å²) in [7, 11) is 1.74. The van der Waals surface area contributed by atoms with Gasteiger partial charge in [0.1, 0.15) is 12.1 Å². The molecule has 0 bridgehead atoms. The number of ether oxygens (including phenoxy) is 1. The molecule has 2 heterocycles. The van der Waals surface area contributed by atoms with Crippen molar-refractivity contribution >= 4 is 5.95 Å². The molecule has 2 aromatic heterocycles. The van der Waals surface area contributed by atoms with Gasteiger partial charge in [-0.05, 0) is 24.6 Å². The number of imidazole rings is 1. The van der Waals surface area contributed by atoms with E-state index in [1.165, 1.54) is 0 Å². The molecule has 21 heavy (non-hydrogen) atoms. The largest absolute Gasteiger partial charge is 0.424 e. The Morgan fingerprint density at radius 3 is 2.81 bits per heavy atom. The Labute approximate surface area is 121 Å². The Kier molecular flexibility index (Phi) is 3.46. The van der Waals surface area contributed by atoms with E-state index in [0.717, 1.165) is 5.56 Å². The number of rotatable bonds is 4. The average molecular weight is 282 g/mol. The fourth-order valence-corrected chi connectivity index (χ4v) is 1.78. The number of anilines is 1. The van der Waals surface area contributed by atoms with E-state index in [1.54, 1.807) is 30.3 Å². The zero-order valence-electron chi connectivity index (χ0n) is 11.7. The van der Waals surface area contributed by atoms with E-state index < -0.39 is 0 Å². The molecule has 3 rings (SSSR count). The van der Waals surface area contributed by atoms with Gasteiger partial charge in [-0.15, -0.1) is 0 Å². The zero-order valence-corrected chi connectivity index (χ0v) is 11.7. The minimum absolute atomic E-state index is 0.226. The minimum atomic E-state index is 0.226. The van der Waals surface area contributed by atoms with E-state index in [4.69, 9.17) is 4.74 Å². The molecule has 0 aliphatic carbocycles. The maximum absolute atomic E-state index is 5.70. The predicted octanol–water partition coefficient (Wildman–Crippen LogP) is 2.20. The van der Waals surface area contributed by atoms with Gasteiger partial charge in [0.25, 0.3) is 0 Å². The van der Waals surface area contributed by atoms with Gasteiger partial charge < -0.3 is 10.1 Å². The Hall–Kier alpha value is -2.96. The summed E-state index contributed by atoms with van der Waals surface area (Å²) in [6.07, 6.45) is 5.03. The molecule has 0 amide bonds. The van der Waals surface area contributed by atoms with Gasteiger partial charge in [0, 0.05) is 19.4 Å². The van der Waals surface area contributed by atoms with E-state index in [2.05, 4.69) is 25.3 Å². The van der Waals surface area contributed by atoms with Crippen LogP contribution in [0.5, 0.6) is 11.8 Å². The van der Waals surface area contributed by atoms with E-state index in [1.807, 2.05) is 31.2 Å². The molecule has 0 aliphatic heterocycles. The first-order valence-electron chi connectivity index (χ1n) is 6.41. The fraction of sp³-hybridized carbons (Fsp3) is 0.143. The van der Waals surface area contributed by atoms with Gasteiger partial charge in [-0.3, -0.25) is 4.57 Å². The van der Waals surface area contributed by atoms with E-state index in [0.29, 0.717) is 17.6 Å². The van der Waals surface area contributed by atoms with Crippen LogP contribution in [-0.4, -0.2) is 31.6 Å². The third kappa shape index (κ3) is 2.97. The first-order valence-corrected chi connectivity index (χ1v) is 6.41. The number of hydrogen-bond acceptors (Lipinski definition) is 6. The van der Waals surface area contributed by atoms with Crippen molar-refractivity contribution < 1.29 is 4.74 Å². The van der Waals surface area contributed by atoms with Gasteiger partial charge in [-0.25, -0.2) is 4.98 Å². The van der Waals surface area contributed by atoms with Crippen LogP contribution in [0.15, 0.2) is 43.0 Å². The lowest BCUT2D eigenvalue weighted by atomic mass is 10.2. The molecule has 0 atom stereocenters. The van der Waals surface area contributed by atoms with Crippen LogP contribution in [0.1, 0.15) is 5.56 Å². The van der Waals surface area contributed by atoms with E-state index in [-0.39, 0.29) is 6.01 Å². The molecule has 0 saturated heterocycles. The summed E-state index contributed by atoms with van der Waals surface area (Å²) >= 11 is 0. The van der Waals surface area contributed by atoms with E-state index in [9.17, 15) is 0 Å². The summed E-state index contributed by atoms with van der Waals surface area (Å²) in [6, 6.07) is 7.91. The van der Waals surface area contributed by atoms with E-state index >= 15 is 0 Å². The van der Waals surface area contributed by atoms with Crippen molar-refractivity contribution in [3.8, 4) is 17.7 Å². The normalized spacial score (nSPS) is 10.4. The quantitative estimate of drug-likeness (QED) is 0.790. The molecular formula is C14H14N6O. The lowest BCUT2D eigenvalue weighted by molar-refractivity contribution is 0.439. The summed E-state index contributed by atoms with van der Waals surface area (Å²) in [5.74, 6) is 1.55. The maximum atomic E-state index is 5.70. The molecule has 106 valence electrons. The molecule has 0 saturated carbocycles. The third-order valence-electron chi connectivity index (χ3n) is 2.76. The van der Waals surface area contributed by atoms with Gasteiger partial charge in [0.15, 0.2) is 0 Å². The van der Waals surface area contributed by atoms with Crippen LogP contribution in [0.2, 0.25) is 0 Å². The first-order chi connectivity index (χ1) is 10.2. The lowest BCUT2D eigenvalue weighted by Crippen LogP contribution is -2.06. The average Bonchev–Trinajstić information content (AvgIpc) is 3.01. The van der Waals surface area contributed by atoms with Gasteiger partial charge >= 0.3 is 6.01 Å². The third-order valence-corrected chi connectivity index (χ3v) is 2.76. The molecule has 3 aromatic rings. The zero-order chi connectivity index (χ0) is 14.7. The summed E-state index contributed by atoms with van der Waals surface area (Å²) < 4.78 is 7.39. The number of aryl methyl sites for hydroxylation is 1. The Morgan fingerprint density at radius 2 is 2.10 bits per heavy atom. The number of nitrogens with one attached hydrogen (secondary N) is 1. The smallest absolute Gasteiger partial charge is 0.328 e. The van der Waals surface area contributed by atoms with Crippen molar-refractivity contribution in [2.24, 2.45) is 0 Å². The molecule has 0 unspecified atom stereocenters. The van der Waals surface area contributed by atoms with Crippen molar-refractivity contribution in [3.05, 3.63) is 48.5 Å². The summed E-state index contributed by atoms with van der Waals surface area (Å²) in [5.41, 5.74) is 1.10. The molecule has 0 spiro atoms. The van der Waals surface area contributed by atoms with Gasteiger partial charge in [-0.1, -0.05) is 12.1 Å². The Balaban J connectivity index is 1.96. The maximum Gasteiger partial charge on any atom is 0.328 e. The highest BCUT2D eigenvalue weighted by Crippen LogP contribution is 2.20. The molecular weight excluding hydrogens is 268 g/mol. The van der Waals surface area contributed by atoms with Crippen molar-refractivity contribution in [3.63, 3.8) is 0 Å². The number of benzene rings is 1. The van der Waals surface area contributed by atoms with Crippen LogP contribution in [0.25, 0.3) is 5.95 Å². The molecule has 1 N–H and O–H groups in total. The minimum Gasteiger partial charge on any atom is -0.424 e. The molecule has 1 aromatic carbocycles. The highest BCUT2D eigenvalue weighted by molar-refractivity contribution is 5.33. The second kappa shape index (κ2) is 5.58. The summed E-state index contributed by atoms with van der Waals surface area (Å²) in [6.45, 7) is 2.00. The highest BCUT2D eigenvalue weighted by Gasteiger charge is 2.09. The van der Waals surface area contributed by atoms with Crippen molar-refractivity contribution in [2.45, 2.75) is 6.92 Å². The second-order valence-corrected chi connectivity index (χ2v) is 4.38. The second-order valence-electron chi connectivity index (χ2n) is 4.38. The van der Waals surface area contributed by atoms with Crippen LogP contribution >= 0.6 is 0 Å². The van der Waals surface area contributed by atoms with Crippen LogP contribution in [-0.2, 0) is 0 Å². The molecule has 0 aliphatic rings. The van der Waals surface area contributed by atoms with Crippen LogP contribution in [0.3, 0.4) is 0 Å². The van der Waals surface area contributed by atoms with Crippen molar-refractivity contribution in [1.29, 1.82) is 0 Å². The monoisotopic (exact) mass is 282 g/mol. The summed E-state index contributed by atoms with van der Waals surface area (Å²) in [5, 5.41) is 2.89. The number of nitrogens with zero attached hydrogens (tertiary/aromatic N) is 5. The van der Waals surface area contributed by atoms with Crippen LogP contribution < -0.4 is 10.1 Å². The number of hydrogen-bond donors (Lipinski definition) is 1. The summed E-state index contributed by atoms with van der Waals surface area (Å²) in [4.78, 5) is 16.7. The van der Waals surface area contributed by atoms with Crippen molar-refractivity contribution in [2.75, 3.05) is 12.4 Å². The van der Waals surface area contributed by atoms with Crippen LogP contribution in [0.4, 0.5) is 5.95 Å². The Bertz CT molecular complexity index is 741. The fourth-order valence-electron chi connectivity index (χ4n) is 1.78. The van der Waals surface area contributed by atoms with Crippen LogP contribution in [0, 0.1) is 6.92 Å². The standard InChI is InChI=1S/C14H14N6O/c1-10-4-3-5-11(8-10)21-14-18-12(15-2)17-13(19-14)20-7-6-16-9-20/h3-9H,1-2H3,(H,15,17,18,19). The SMILES string of the molecule is CNc1nc(Oc2cccc(C)c2)nc(-n2ccnc2)n1. The predicted molar refractivity (Wildman–Crippen MR) is 77.7 cm³/mol. The van der Waals surface area contributed by atoms with Gasteiger partial charge in [0.05, 0.1) is 0 Å². The lowest BCUT2D eigenvalue weighted by Gasteiger charge is -2.08. The molecule has 7 nitrogen and oxygen atoms in total. The highest BCUT2D eigenvalue weighted by atomic mass is 16.5. The molecule has 0 fully saturated rings.